The molecule has 20 heavy (non-hydrogen) atoms. The molecule has 0 aliphatic carbocycles. The van der Waals surface area contributed by atoms with E-state index in [9.17, 15) is 0 Å². The molecule has 112 valence electrons. The standard InChI is InChI=1S/C16H28N4/c1-16(5-7-17-8-6-16)15-13-18-14-20(15)12-4-11-19-9-2-3-10-19/h13-14,17H,2-12H2,1H3. The average Bonchev–Trinajstić information content (AvgIpc) is 3.11. The van der Waals surface area contributed by atoms with E-state index in [0.717, 1.165) is 19.6 Å². The molecule has 1 aromatic heterocycles. The molecule has 4 heteroatoms. The van der Waals surface area contributed by atoms with Gasteiger partial charge in [0.25, 0.3) is 0 Å². The topological polar surface area (TPSA) is 33.1 Å². The second kappa shape index (κ2) is 6.27. The molecular weight excluding hydrogens is 248 g/mol. The van der Waals surface area contributed by atoms with Crippen molar-refractivity contribution in [3.05, 3.63) is 18.2 Å². The van der Waals surface area contributed by atoms with Crippen LogP contribution in [0.4, 0.5) is 0 Å². The smallest absolute Gasteiger partial charge is 0.0948 e. The van der Waals surface area contributed by atoms with Crippen LogP contribution in [0.15, 0.2) is 12.5 Å². The third-order valence-electron chi connectivity index (χ3n) is 5.11. The second-order valence-corrected chi connectivity index (χ2v) is 6.69. The Bertz CT molecular complexity index is 414. The molecule has 2 aliphatic rings. The van der Waals surface area contributed by atoms with Gasteiger partial charge >= 0.3 is 0 Å². The lowest BCUT2D eigenvalue weighted by Gasteiger charge is -2.34. The van der Waals surface area contributed by atoms with E-state index in [1.807, 2.05) is 6.33 Å². The predicted octanol–water partition coefficient (Wildman–Crippen LogP) is 2.01. The van der Waals surface area contributed by atoms with Crippen LogP contribution in [-0.4, -0.2) is 47.2 Å². The van der Waals surface area contributed by atoms with Crippen LogP contribution in [0.5, 0.6) is 0 Å². The molecule has 0 aromatic carbocycles. The number of hydrogen-bond donors (Lipinski definition) is 1. The van der Waals surface area contributed by atoms with Gasteiger partial charge in [0.1, 0.15) is 0 Å². The summed E-state index contributed by atoms with van der Waals surface area (Å²) in [4.78, 5) is 7.02. The molecule has 0 bridgehead atoms. The summed E-state index contributed by atoms with van der Waals surface area (Å²) >= 11 is 0. The van der Waals surface area contributed by atoms with Crippen LogP contribution >= 0.6 is 0 Å². The largest absolute Gasteiger partial charge is 0.334 e. The summed E-state index contributed by atoms with van der Waals surface area (Å²) in [6, 6.07) is 0. The third kappa shape index (κ3) is 3.07. The molecule has 1 aromatic rings. The Hall–Kier alpha value is -0.870. The molecule has 4 nitrogen and oxygen atoms in total. The zero-order valence-corrected chi connectivity index (χ0v) is 12.8. The van der Waals surface area contributed by atoms with Crippen LogP contribution in [0.2, 0.25) is 0 Å². The van der Waals surface area contributed by atoms with Gasteiger partial charge in [0.05, 0.1) is 6.33 Å². The van der Waals surface area contributed by atoms with Gasteiger partial charge in [-0.2, -0.15) is 0 Å². The van der Waals surface area contributed by atoms with Crippen molar-refractivity contribution in [3.8, 4) is 0 Å². The molecule has 2 aliphatic heterocycles. The number of hydrogen-bond acceptors (Lipinski definition) is 3. The molecular formula is C16H28N4. The van der Waals surface area contributed by atoms with Crippen molar-refractivity contribution in [2.75, 3.05) is 32.7 Å². The van der Waals surface area contributed by atoms with E-state index in [1.54, 1.807) is 0 Å². The maximum Gasteiger partial charge on any atom is 0.0948 e. The Balaban J connectivity index is 1.58. The Morgan fingerprint density at radius 3 is 2.70 bits per heavy atom. The SMILES string of the molecule is CC1(c2cncn2CCCN2CCCC2)CCNCC1. The lowest BCUT2D eigenvalue weighted by molar-refractivity contribution is 0.303. The van der Waals surface area contributed by atoms with Crippen molar-refractivity contribution in [2.45, 2.75) is 51.0 Å². The van der Waals surface area contributed by atoms with Gasteiger partial charge in [-0.15, -0.1) is 0 Å². The molecule has 3 heterocycles. The van der Waals surface area contributed by atoms with E-state index in [1.165, 1.54) is 57.4 Å². The minimum absolute atomic E-state index is 0.315. The maximum absolute atomic E-state index is 4.42. The first-order valence-corrected chi connectivity index (χ1v) is 8.22. The van der Waals surface area contributed by atoms with Crippen LogP contribution in [0, 0.1) is 0 Å². The molecule has 0 amide bonds. The highest BCUT2D eigenvalue weighted by atomic mass is 15.1. The quantitative estimate of drug-likeness (QED) is 0.893. The van der Waals surface area contributed by atoms with Crippen molar-refractivity contribution in [1.29, 1.82) is 0 Å². The summed E-state index contributed by atoms with van der Waals surface area (Å²) in [5.41, 5.74) is 1.76. The van der Waals surface area contributed by atoms with Gasteiger partial charge in [-0.3, -0.25) is 0 Å². The highest BCUT2D eigenvalue weighted by Gasteiger charge is 2.31. The highest BCUT2D eigenvalue weighted by molar-refractivity contribution is 5.15. The molecule has 1 N–H and O–H groups in total. The first kappa shape index (κ1) is 14.1. The predicted molar refractivity (Wildman–Crippen MR) is 82.0 cm³/mol. The zero-order chi connectivity index (χ0) is 13.8. The van der Waals surface area contributed by atoms with Crippen molar-refractivity contribution in [3.63, 3.8) is 0 Å². The van der Waals surface area contributed by atoms with Crippen molar-refractivity contribution in [2.24, 2.45) is 0 Å². The van der Waals surface area contributed by atoms with E-state index in [4.69, 9.17) is 0 Å². The van der Waals surface area contributed by atoms with Gasteiger partial charge < -0.3 is 14.8 Å². The van der Waals surface area contributed by atoms with Gasteiger partial charge in [-0.1, -0.05) is 6.92 Å². The highest BCUT2D eigenvalue weighted by Crippen LogP contribution is 2.32. The van der Waals surface area contributed by atoms with Crippen LogP contribution in [0.1, 0.15) is 44.7 Å². The Labute approximate surface area is 122 Å². The van der Waals surface area contributed by atoms with Crippen molar-refractivity contribution in [1.82, 2.24) is 19.8 Å². The lowest BCUT2D eigenvalue weighted by atomic mass is 9.78. The van der Waals surface area contributed by atoms with E-state index >= 15 is 0 Å². The fourth-order valence-corrected chi connectivity index (χ4v) is 3.71. The molecule has 0 spiro atoms. The zero-order valence-electron chi connectivity index (χ0n) is 12.8. The van der Waals surface area contributed by atoms with Gasteiger partial charge in [0.2, 0.25) is 0 Å². The summed E-state index contributed by atoms with van der Waals surface area (Å²) in [6.45, 7) is 9.65. The number of nitrogens with zero attached hydrogens (tertiary/aromatic N) is 3. The summed E-state index contributed by atoms with van der Waals surface area (Å²) in [6.07, 6.45) is 10.6. The van der Waals surface area contributed by atoms with E-state index in [0.29, 0.717) is 5.41 Å². The summed E-state index contributed by atoms with van der Waals surface area (Å²) < 4.78 is 2.40. The Kier molecular flexibility index (Phi) is 4.41. The lowest BCUT2D eigenvalue weighted by Crippen LogP contribution is -2.39. The number of aromatic nitrogens is 2. The van der Waals surface area contributed by atoms with Crippen molar-refractivity contribution >= 4 is 0 Å². The number of nitrogens with one attached hydrogen (secondary N) is 1. The second-order valence-electron chi connectivity index (χ2n) is 6.69. The number of aryl methyl sites for hydroxylation is 1. The van der Waals surface area contributed by atoms with Gasteiger partial charge in [-0.05, 0) is 64.8 Å². The fraction of sp³-hybridized carbons (Fsp3) is 0.812. The normalized spacial score (nSPS) is 23.2. The summed E-state index contributed by atoms with van der Waals surface area (Å²) in [7, 11) is 0. The number of imidazole rings is 1. The molecule has 2 saturated heterocycles. The van der Waals surface area contributed by atoms with E-state index < -0.39 is 0 Å². The first-order chi connectivity index (χ1) is 9.78. The molecule has 2 fully saturated rings. The van der Waals surface area contributed by atoms with Gasteiger partial charge in [0, 0.05) is 23.9 Å². The summed E-state index contributed by atoms with van der Waals surface area (Å²) in [5.74, 6) is 0. The number of piperidine rings is 1. The van der Waals surface area contributed by atoms with E-state index in [2.05, 4.69) is 32.9 Å². The molecule has 0 unspecified atom stereocenters. The van der Waals surface area contributed by atoms with Crippen LogP contribution in [0.25, 0.3) is 0 Å². The summed E-state index contributed by atoms with van der Waals surface area (Å²) in [5, 5.41) is 3.47. The number of likely N-dealkylation sites (tertiary alicyclic amines) is 1. The maximum atomic E-state index is 4.42. The van der Waals surface area contributed by atoms with Crippen LogP contribution < -0.4 is 5.32 Å². The Morgan fingerprint density at radius 2 is 1.95 bits per heavy atom. The van der Waals surface area contributed by atoms with E-state index in [-0.39, 0.29) is 0 Å². The van der Waals surface area contributed by atoms with Crippen molar-refractivity contribution < 1.29 is 0 Å². The molecule has 0 atom stereocenters. The minimum Gasteiger partial charge on any atom is -0.334 e. The first-order valence-electron chi connectivity index (χ1n) is 8.22. The number of rotatable bonds is 5. The Morgan fingerprint density at radius 1 is 1.20 bits per heavy atom. The molecule has 0 radical (unpaired) electrons. The molecule has 0 saturated carbocycles. The van der Waals surface area contributed by atoms with Crippen LogP contribution in [0.3, 0.4) is 0 Å². The average molecular weight is 276 g/mol. The van der Waals surface area contributed by atoms with Gasteiger partial charge in [0.15, 0.2) is 0 Å². The monoisotopic (exact) mass is 276 g/mol. The minimum atomic E-state index is 0.315. The van der Waals surface area contributed by atoms with Gasteiger partial charge in [-0.25, -0.2) is 4.98 Å². The fourth-order valence-electron chi connectivity index (χ4n) is 3.71. The third-order valence-corrected chi connectivity index (χ3v) is 5.11. The molecule has 3 rings (SSSR count). The van der Waals surface area contributed by atoms with Crippen LogP contribution in [-0.2, 0) is 12.0 Å².